The molecule has 20 heteroatoms. The number of fused-ring (bicyclic) bond motifs is 14. The second-order valence-electron chi connectivity index (χ2n) is 18.9. The quantitative estimate of drug-likeness (QED) is 0.0463. The van der Waals surface area contributed by atoms with E-state index in [0.29, 0.717) is 61.9 Å². The van der Waals surface area contributed by atoms with Crippen molar-refractivity contribution in [1.82, 2.24) is 10.0 Å². The first-order valence-corrected chi connectivity index (χ1v) is 26.1. The van der Waals surface area contributed by atoms with Crippen LogP contribution < -0.4 is 0 Å². The molecule has 0 amide bonds. The smallest absolute Gasteiger partial charge is 0.356 e. The highest BCUT2D eigenvalue weighted by molar-refractivity contribution is 6.50. The number of hydrogen-bond acceptors (Lipinski definition) is 20. The van der Waals surface area contributed by atoms with Crippen LogP contribution in [0.4, 0.5) is 0 Å². The molecule has 0 saturated carbocycles. The van der Waals surface area contributed by atoms with Gasteiger partial charge in [-0.15, -0.1) is 0 Å². The summed E-state index contributed by atoms with van der Waals surface area (Å²) in [4.78, 5) is 58.9. The molecule has 6 aliphatic rings. The number of methoxy groups -OCH3 is 6. The van der Waals surface area contributed by atoms with Crippen molar-refractivity contribution in [3.63, 3.8) is 0 Å². The minimum Gasteiger partial charge on any atom is -0.493 e. The van der Waals surface area contributed by atoms with Gasteiger partial charge in [-0.25, -0.2) is 29.2 Å². The number of ether oxygens (including phenoxy) is 12. The Morgan fingerprint density at radius 1 is 0.400 bits per heavy atom. The molecule has 2 aliphatic carbocycles. The number of esters is 4. The minimum absolute atomic E-state index is 0.0106. The molecular formula is C60H62N4O16. The fraction of sp³-hybridized carbons (Fsp3) is 0.367. The molecule has 0 saturated heterocycles. The highest BCUT2D eigenvalue weighted by Gasteiger charge is 2.68. The third kappa shape index (κ3) is 9.24. The Morgan fingerprint density at radius 3 is 0.988 bits per heavy atom. The Morgan fingerprint density at radius 2 is 0.688 bits per heavy atom. The van der Waals surface area contributed by atoms with Crippen LogP contribution in [0, 0.1) is 0 Å². The van der Waals surface area contributed by atoms with Gasteiger partial charge in [0.05, 0.1) is 116 Å². The molecule has 0 fully saturated rings. The van der Waals surface area contributed by atoms with Crippen LogP contribution in [0.5, 0.6) is 0 Å². The molecule has 10 rings (SSSR count). The van der Waals surface area contributed by atoms with Gasteiger partial charge < -0.3 is 56.8 Å². The highest BCUT2D eigenvalue weighted by Crippen LogP contribution is 2.64. The van der Waals surface area contributed by atoms with Crippen LogP contribution in [0.15, 0.2) is 153 Å². The summed E-state index contributed by atoms with van der Waals surface area (Å²) in [7, 11) is 8.13. The van der Waals surface area contributed by atoms with E-state index in [0.717, 1.165) is 22.3 Å². The lowest BCUT2D eigenvalue weighted by atomic mass is 9.67. The third-order valence-electron chi connectivity index (χ3n) is 14.9. The summed E-state index contributed by atoms with van der Waals surface area (Å²) in [5.41, 5.74) is 2.73. The molecule has 418 valence electrons. The molecule has 2 unspecified atom stereocenters. The number of carbonyl (C=O) groups is 4. The van der Waals surface area contributed by atoms with E-state index in [2.05, 4.69) is 0 Å². The van der Waals surface area contributed by atoms with Gasteiger partial charge >= 0.3 is 23.9 Å². The normalized spacial score (nSPS) is 18.3. The van der Waals surface area contributed by atoms with Crippen LogP contribution >= 0.6 is 0 Å². The summed E-state index contributed by atoms with van der Waals surface area (Å²) in [6.45, 7) is 3.00. The minimum atomic E-state index is -1.49. The van der Waals surface area contributed by atoms with Crippen molar-refractivity contribution in [3.05, 3.63) is 166 Å². The van der Waals surface area contributed by atoms with Crippen LogP contribution in [0.1, 0.15) is 22.3 Å². The number of rotatable bonds is 25. The fourth-order valence-corrected chi connectivity index (χ4v) is 11.9. The van der Waals surface area contributed by atoms with E-state index in [-0.39, 0.29) is 85.1 Å². The van der Waals surface area contributed by atoms with E-state index in [4.69, 9.17) is 67.0 Å². The number of benzene rings is 4. The van der Waals surface area contributed by atoms with E-state index >= 15 is 0 Å². The van der Waals surface area contributed by atoms with Crippen molar-refractivity contribution in [1.29, 1.82) is 0 Å². The lowest BCUT2D eigenvalue weighted by Gasteiger charge is -2.41. The summed E-state index contributed by atoms with van der Waals surface area (Å²) in [5, 5.41) is 13.4. The molecule has 4 aliphatic heterocycles. The van der Waals surface area contributed by atoms with E-state index in [1.165, 1.54) is 38.5 Å². The van der Waals surface area contributed by atoms with Crippen molar-refractivity contribution in [2.75, 3.05) is 122 Å². The molecule has 4 aromatic rings. The average Bonchev–Trinajstić information content (AvgIpc) is 4.37. The Balaban J connectivity index is 1.16. The van der Waals surface area contributed by atoms with Gasteiger partial charge in [0.2, 0.25) is 0 Å². The van der Waals surface area contributed by atoms with Crippen molar-refractivity contribution >= 4 is 35.3 Å². The molecule has 80 heavy (non-hydrogen) atoms. The summed E-state index contributed by atoms with van der Waals surface area (Å²) in [5.74, 6) is -2.89. The zero-order valence-corrected chi connectivity index (χ0v) is 45.4. The monoisotopic (exact) mass is 1090 g/mol. The van der Waals surface area contributed by atoms with Crippen LogP contribution in [-0.2, 0) is 86.9 Å². The summed E-state index contributed by atoms with van der Waals surface area (Å²) < 4.78 is 69.4. The first-order valence-electron chi connectivity index (χ1n) is 26.1. The zero-order valence-electron chi connectivity index (χ0n) is 45.4. The van der Waals surface area contributed by atoms with Crippen LogP contribution in [0.25, 0.3) is 22.3 Å². The molecule has 4 heterocycles. The zero-order chi connectivity index (χ0) is 56.0. The predicted octanol–water partition coefficient (Wildman–Crippen LogP) is 5.39. The van der Waals surface area contributed by atoms with Gasteiger partial charge in [-0.1, -0.05) is 97.1 Å². The van der Waals surface area contributed by atoms with E-state index in [1.807, 2.05) is 97.1 Å². The van der Waals surface area contributed by atoms with Crippen molar-refractivity contribution in [2.24, 2.45) is 10.2 Å². The van der Waals surface area contributed by atoms with Crippen molar-refractivity contribution in [2.45, 2.75) is 22.9 Å². The molecule has 0 N–H and O–H groups in total. The number of carbonyl (C=O) groups excluding carboxylic acids is 4. The van der Waals surface area contributed by atoms with Crippen LogP contribution in [-0.4, -0.2) is 179 Å². The van der Waals surface area contributed by atoms with E-state index < -0.39 is 46.8 Å². The standard InChI is InChI=1S/C60H62N4O16/c1-69-23-25-75-27-29-77-31-33-79-47-35-45(61-63-51(57(67)73-5)49(55(65)71-3)59(53(47)63)41-19-11-7-15-37(41)38-16-8-12-20-42(38)59)46-36-48(80-34-32-78-30-28-76-26-24-70-2)54-60(50(56(66)72-4)52(58(68)74-6)64(54)62-46)43-21-13-9-17-39(43)40-18-10-14-22-44(40)60/h7-22,35-36,53-54H,23-34H2,1-6H3. The number of allylic oxidation sites excluding steroid dienone is 2. The number of hydrogen-bond donors (Lipinski definition) is 0. The molecule has 2 atom stereocenters. The second-order valence-corrected chi connectivity index (χ2v) is 18.9. The van der Waals surface area contributed by atoms with Gasteiger partial charge in [-0.3, -0.25) is 0 Å². The number of nitrogens with zero attached hydrogens (tertiary/aromatic N) is 4. The molecule has 20 nitrogen and oxygen atoms in total. The van der Waals surface area contributed by atoms with Gasteiger partial charge in [0, 0.05) is 26.4 Å². The number of hydrazone groups is 2. The molecule has 0 bridgehead atoms. The Hall–Kier alpha value is -7.98. The first-order chi connectivity index (χ1) is 39.2. The molecule has 0 aromatic heterocycles. The van der Waals surface area contributed by atoms with Crippen LogP contribution in [0.2, 0.25) is 0 Å². The predicted molar refractivity (Wildman–Crippen MR) is 289 cm³/mol. The Bertz CT molecular complexity index is 2950. The summed E-state index contributed by atoms with van der Waals surface area (Å²) >= 11 is 0. The second kappa shape index (κ2) is 24.2. The summed E-state index contributed by atoms with van der Waals surface area (Å²) in [6.07, 6.45) is 3.37. The third-order valence-corrected chi connectivity index (χ3v) is 14.9. The largest absolute Gasteiger partial charge is 0.493 e. The molecular weight excluding hydrogens is 1030 g/mol. The molecule has 4 aromatic carbocycles. The highest BCUT2D eigenvalue weighted by atomic mass is 16.6. The van der Waals surface area contributed by atoms with Gasteiger partial charge in [-0.05, 0) is 44.5 Å². The SMILES string of the molecule is COCCOCCOCCOC1=CC(C2=NN3C(C(=O)OC)=C(C(=O)OC)C4(c5ccccc5-c5ccccc54)C3C(OCCOCCOCCOC)=C2)=NN2C(C(=O)OC)=C(C(=O)OC)C3(c4ccccc4-c4ccccc43)C12. The fourth-order valence-electron chi connectivity index (χ4n) is 11.9. The van der Waals surface area contributed by atoms with Gasteiger partial charge in [0.15, 0.2) is 11.4 Å². The maximum Gasteiger partial charge on any atom is 0.356 e. The lowest BCUT2D eigenvalue weighted by molar-refractivity contribution is -0.140. The topological polar surface area (TPSA) is 210 Å². The average molecular weight is 1100 g/mol. The van der Waals surface area contributed by atoms with E-state index in [1.54, 1.807) is 26.4 Å². The maximum absolute atomic E-state index is 14.8. The Labute approximate surface area is 462 Å². The first kappa shape index (κ1) is 55.3. The molecule has 0 radical (unpaired) electrons. The van der Waals surface area contributed by atoms with E-state index in [9.17, 15) is 19.2 Å². The summed E-state index contributed by atoms with van der Waals surface area (Å²) in [6, 6.07) is 28.5. The Kier molecular flexibility index (Phi) is 16.7. The van der Waals surface area contributed by atoms with Crippen molar-refractivity contribution < 1.29 is 76.0 Å². The maximum atomic E-state index is 14.8. The lowest BCUT2D eigenvalue weighted by Crippen LogP contribution is -2.50. The van der Waals surface area contributed by atoms with Gasteiger partial charge in [-0.2, -0.15) is 10.2 Å². The van der Waals surface area contributed by atoms with Gasteiger partial charge in [0.1, 0.15) is 48.2 Å². The molecule has 2 spiro atoms. The van der Waals surface area contributed by atoms with Gasteiger partial charge in [0.25, 0.3) is 0 Å². The van der Waals surface area contributed by atoms with Crippen LogP contribution in [0.3, 0.4) is 0 Å². The van der Waals surface area contributed by atoms with Crippen molar-refractivity contribution in [3.8, 4) is 22.3 Å².